The van der Waals surface area contributed by atoms with Crippen LogP contribution in [0.5, 0.6) is 0 Å². The van der Waals surface area contributed by atoms with E-state index < -0.39 is 5.82 Å². The molecule has 4 heteroatoms. The molecule has 2 amide bonds. The summed E-state index contributed by atoms with van der Waals surface area (Å²) < 4.78 is 13.3. The number of amides is 2. The van der Waals surface area contributed by atoms with Crippen molar-refractivity contribution >= 4 is 11.8 Å². The van der Waals surface area contributed by atoms with Crippen molar-refractivity contribution in [2.75, 3.05) is 0 Å². The number of imide groups is 1. The highest BCUT2D eigenvalue weighted by atomic mass is 19.1. The number of hydrogen-bond donors (Lipinski definition) is 0. The lowest BCUT2D eigenvalue weighted by molar-refractivity contribution is 0.0559. The molecule has 1 saturated carbocycles. The molecule has 3 nitrogen and oxygen atoms in total. The highest BCUT2D eigenvalue weighted by Gasteiger charge is 2.39. The van der Waals surface area contributed by atoms with E-state index >= 15 is 0 Å². The molecule has 1 aliphatic heterocycles. The van der Waals surface area contributed by atoms with Crippen LogP contribution in [0, 0.1) is 5.82 Å². The third-order valence-electron chi connectivity index (χ3n) is 4.32. The van der Waals surface area contributed by atoms with Crippen LogP contribution in [-0.2, 0) is 0 Å². The Balaban J connectivity index is 1.88. The largest absolute Gasteiger partial charge is 0.271 e. The molecule has 1 aromatic carbocycles. The van der Waals surface area contributed by atoms with Gasteiger partial charge in [-0.1, -0.05) is 32.1 Å². The van der Waals surface area contributed by atoms with Crippen LogP contribution in [0.25, 0.3) is 0 Å². The molecule has 0 saturated heterocycles. The molecule has 1 aromatic rings. The van der Waals surface area contributed by atoms with E-state index in [0.29, 0.717) is 5.56 Å². The summed E-state index contributed by atoms with van der Waals surface area (Å²) in [5, 5.41) is 0. The van der Waals surface area contributed by atoms with Crippen LogP contribution < -0.4 is 0 Å². The van der Waals surface area contributed by atoms with Crippen molar-refractivity contribution in [2.24, 2.45) is 0 Å². The van der Waals surface area contributed by atoms with E-state index in [2.05, 4.69) is 0 Å². The normalized spacial score (nSPS) is 20.8. The fourth-order valence-electron chi connectivity index (χ4n) is 3.26. The molecule has 20 heavy (non-hydrogen) atoms. The first-order valence-corrected chi connectivity index (χ1v) is 7.36. The van der Waals surface area contributed by atoms with Crippen molar-refractivity contribution < 1.29 is 14.0 Å². The maximum atomic E-state index is 13.3. The molecule has 2 aliphatic rings. The average Bonchev–Trinajstić information content (AvgIpc) is 2.62. The lowest BCUT2D eigenvalue weighted by atomic mass is 9.95. The lowest BCUT2D eigenvalue weighted by Gasteiger charge is -2.27. The van der Waals surface area contributed by atoms with Gasteiger partial charge in [0.1, 0.15) is 5.82 Å². The van der Waals surface area contributed by atoms with E-state index in [-0.39, 0.29) is 23.4 Å². The molecule has 1 fully saturated rings. The summed E-state index contributed by atoms with van der Waals surface area (Å²) in [6, 6.07) is 3.82. The minimum atomic E-state index is -0.468. The quantitative estimate of drug-likeness (QED) is 0.735. The highest BCUT2D eigenvalue weighted by Crippen LogP contribution is 2.30. The van der Waals surface area contributed by atoms with Crippen molar-refractivity contribution in [3.63, 3.8) is 0 Å². The Morgan fingerprint density at radius 2 is 1.50 bits per heavy atom. The predicted molar refractivity (Wildman–Crippen MR) is 73.0 cm³/mol. The Morgan fingerprint density at radius 1 is 0.900 bits per heavy atom. The van der Waals surface area contributed by atoms with Gasteiger partial charge < -0.3 is 0 Å². The Morgan fingerprint density at radius 3 is 2.20 bits per heavy atom. The molecule has 0 aromatic heterocycles. The first-order chi connectivity index (χ1) is 9.68. The molecule has 1 aliphatic carbocycles. The standard InChI is InChI=1S/C16H18FNO2/c17-11-8-9-13-14(10-11)16(20)18(15(13)19)12-6-4-2-1-3-5-7-12/h8-10,12H,1-7H2. The Labute approximate surface area is 117 Å². The third-order valence-corrected chi connectivity index (χ3v) is 4.32. The van der Waals surface area contributed by atoms with Crippen LogP contribution in [0.2, 0.25) is 0 Å². The fraction of sp³-hybridized carbons (Fsp3) is 0.500. The molecular formula is C16H18FNO2. The lowest BCUT2D eigenvalue weighted by Crippen LogP contribution is -2.40. The number of rotatable bonds is 1. The van der Waals surface area contributed by atoms with Gasteiger partial charge in [0, 0.05) is 6.04 Å². The van der Waals surface area contributed by atoms with Crippen LogP contribution in [0.4, 0.5) is 4.39 Å². The van der Waals surface area contributed by atoms with Gasteiger partial charge in [-0.3, -0.25) is 14.5 Å². The molecule has 1 heterocycles. The van der Waals surface area contributed by atoms with Gasteiger partial charge in [0.25, 0.3) is 11.8 Å². The van der Waals surface area contributed by atoms with E-state index in [4.69, 9.17) is 0 Å². The van der Waals surface area contributed by atoms with Gasteiger partial charge in [-0.2, -0.15) is 0 Å². The third kappa shape index (κ3) is 2.23. The number of fused-ring (bicyclic) bond motifs is 1. The molecular weight excluding hydrogens is 257 g/mol. The van der Waals surface area contributed by atoms with Crippen LogP contribution in [0.1, 0.15) is 65.7 Å². The Kier molecular flexibility index (Phi) is 3.55. The van der Waals surface area contributed by atoms with E-state index in [0.717, 1.165) is 38.5 Å². The summed E-state index contributed by atoms with van der Waals surface area (Å²) in [4.78, 5) is 26.2. The number of halogens is 1. The van der Waals surface area contributed by atoms with E-state index in [1.807, 2.05) is 0 Å². The summed E-state index contributed by atoms with van der Waals surface area (Å²) in [5.41, 5.74) is 0.565. The van der Waals surface area contributed by atoms with Crippen molar-refractivity contribution in [2.45, 2.75) is 51.0 Å². The van der Waals surface area contributed by atoms with Gasteiger partial charge in [-0.15, -0.1) is 0 Å². The monoisotopic (exact) mass is 275 g/mol. The summed E-state index contributed by atoms with van der Waals surface area (Å²) in [6.07, 6.45) is 7.39. The van der Waals surface area contributed by atoms with Crippen molar-refractivity contribution in [3.8, 4) is 0 Å². The van der Waals surface area contributed by atoms with Gasteiger partial charge in [0.2, 0.25) is 0 Å². The Hall–Kier alpha value is -1.71. The summed E-state index contributed by atoms with van der Waals surface area (Å²) >= 11 is 0. The molecule has 0 N–H and O–H groups in total. The predicted octanol–water partition coefficient (Wildman–Crippen LogP) is 3.53. The molecule has 0 unspecified atom stereocenters. The maximum Gasteiger partial charge on any atom is 0.261 e. The van der Waals surface area contributed by atoms with Crippen LogP contribution in [-0.4, -0.2) is 22.8 Å². The zero-order valence-corrected chi connectivity index (χ0v) is 11.4. The second kappa shape index (κ2) is 5.35. The molecule has 0 bridgehead atoms. The van der Waals surface area contributed by atoms with Gasteiger partial charge in [0.15, 0.2) is 0 Å². The highest BCUT2D eigenvalue weighted by molar-refractivity contribution is 6.21. The smallest absolute Gasteiger partial charge is 0.261 e. The van der Waals surface area contributed by atoms with Crippen LogP contribution in [0.3, 0.4) is 0 Å². The van der Waals surface area contributed by atoms with Crippen molar-refractivity contribution in [1.29, 1.82) is 0 Å². The van der Waals surface area contributed by atoms with Crippen molar-refractivity contribution in [3.05, 3.63) is 35.1 Å². The summed E-state index contributed by atoms with van der Waals surface area (Å²) in [6.45, 7) is 0. The van der Waals surface area contributed by atoms with Gasteiger partial charge in [-0.05, 0) is 31.0 Å². The molecule has 0 atom stereocenters. The number of nitrogens with zero attached hydrogens (tertiary/aromatic N) is 1. The van der Waals surface area contributed by atoms with Gasteiger partial charge in [0.05, 0.1) is 11.1 Å². The van der Waals surface area contributed by atoms with E-state index in [1.165, 1.54) is 29.5 Å². The zero-order chi connectivity index (χ0) is 14.1. The van der Waals surface area contributed by atoms with E-state index in [1.54, 1.807) is 0 Å². The van der Waals surface area contributed by atoms with Gasteiger partial charge in [-0.25, -0.2) is 4.39 Å². The number of carbonyl (C=O) groups excluding carboxylic acids is 2. The Bertz CT molecular complexity index is 547. The maximum absolute atomic E-state index is 13.3. The first kappa shape index (κ1) is 13.3. The summed E-state index contributed by atoms with van der Waals surface area (Å²) in [7, 11) is 0. The first-order valence-electron chi connectivity index (χ1n) is 7.36. The minimum absolute atomic E-state index is 0.0224. The summed E-state index contributed by atoms with van der Waals surface area (Å²) in [5.74, 6) is -1.05. The average molecular weight is 275 g/mol. The van der Waals surface area contributed by atoms with E-state index in [9.17, 15) is 14.0 Å². The topological polar surface area (TPSA) is 37.4 Å². The number of benzene rings is 1. The molecule has 3 rings (SSSR count). The van der Waals surface area contributed by atoms with Crippen LogP contribution in [0.15, 0.2) is 18.2 Å². The van der Waals surface area contributed by atoms with Crippen LogP contribution >= 0.6 is 0 Å². The molecule has 0 spiro atoms. The second-order valence-corrected chi connectivity index (χ2v) is 5.67. The fourth-order valence-corrected chi connectivity index (χ4v) is 3.26. The molecule has 0 radical (unpaired) electrons. The van der Waals surface area contributed by atoms with Crippen molar-refractivity contribution in [1.82, 2.24) is 4.90 Å². The SMILES string of the molecule is O=C1c2ccc(F)cc2C(=O)N1C1CCCCCCC1. The minimum Gasteiger partial charge on any atom is -0.271 e. The second-order valence-electron chi connectivity index (χ2n) is 5.67. The number of hydrogen-bond acceptors (Lipinski definition) is 2. The number of carbonyl (C=O) groups is 2. The molecule has 106 valence electrons. The zero-order valence-electron chi connectivity index (χ0n) is 11.4. The van der Waals surface area contributed by atoms with Gasteiger partial charge >= 0.3 is 0 Å².